The fourth-order valence-electron chi connectivity index (χ4n) is 1.13. The van der Waals surface area contributed by atoms with E-state index in [1.54, 1.807) is 24.3 Å². The Labute approximate surface area is 100 Å². The quantitative estimate of drug-likeness (QED) is 0.448. The summed E-state index contributed by atoms with van der Waals surface area (Å²) in [5.74, 6) is -0.405. The van der Waals surface area contributed by atoms with Gasteiger partial charge in [-0.3, -0.25) is 0 Å². The van der Waals surface area contributed by atoms with Crippen LogP contribution in [0.25, 0.3) is 0 Å². The minimum absolute atomic E-state index is 0.398. The number of thiocarbonyl (C=S) groups is 1. The van der Waals surface area contributed by atoms with Gasteiger partial charge in [0, 0.05) is 0 Å². The molecule has 0 saturated heterocycles. The first-order chi connectivity index (χ1) is 7.44. The van der Waals surface area contributed by atoms with Crippen molar-refractivity contribution in [3.63, 3.8) is 0 Å². The van der Waals surface area contributed by atoms with E-state index in [4.69, 9.17) is 4.74 Å². The van der Waals surface area contributed by atoms with Crippen LogP contribution in [0.3, 0.4) is 0 Å². The molecule has 0 spiro atoms. The standard InChI is InChI=1S/C12H13NO2S/c1-12(2,3)15-11(14)9-6-4-5-7-10(9)13-8-16/h4-7H,1-3H3. The van der Waals surface area contributed by atoms with E-state index in [1.165, 1.54) is 0 Å². The molecule has 0 radical (unpaired) electrons. The summed E-state index contributed by atoms with van der Waals surface area (Å²) in [6.07, 6.45) is 0. The van der Waals surface area contributed by atoms with Crippen LogP contribution in [0.1, 0.15) is 31.1 Å². The zero-order valence-electron chi connectivity index (χ0n) is 9.48. The van der Waals surface area contributed by atoms with Crippen molar-refractivity contribution in [1.29, 1.82) is 0 Å². The monoisotopic (exact) mass is 235 g/mol. The number of nitrogens with zero attached hydrogens (tertiary/aromatic N) is 1. The van der Waals surface area contributed by atoms with Crippen LogP contribution < -0.4 is 0 Å². The van der Waals surface area contributed by atoms with Gasteiger partial charge in [-0.2, -0.15) is 4.99 Å². The molecule has 0 saturated carbocycles. The summed E-state index contributed by atoms with van der Waals surface area (Å²) in [6.45, 7) is 5.45. The lowest BCUT2D eigenvalue weighted by Gasteiger charge is -2.19. The molecular formula is C12H13NO2S. The molecule has 0 bridgehead atoms. The van der Waals surface area contributed by atoms with Gasteiger partial charge in [-0.15, -0.1) is 0 Å². The molecule has 0 aliphatic heterocycles. The van der Waals surface area contributed by atoms with Gasteiger partial charge < -0.3 is 4.74 Å². The Morgan fingerprint density at radius 3 is 2.56 bits per heavy atom. The van der Waals surface area contributed by atoms with E-state index in [1.807, 2.05) is 20.8 Å². The third kappa shape index (κ3) is 3.57. The summed E-state index contributed by atoms with van der Waals surface area (Å²) in [4.78, 5) is 15.6. The molecule has 1 rings (SSSR count). The van der Waals surface area contributed by atoms with Gasteiger partial charge >= 0.3 is 5.97 Å². The van der Waals surface area contributed by atoms with Gasteiger partial charge in [-0.25, -0.2) is 4.79 Å². The fraction of sp³-hybridized carbons (Fsp3) is 0.333. The molecular weight excluding hydrogens is 222 g/mol. The summed E-state index contributed by atoms with van der Waals surface area (Å²) in [5.41, 5.74) is 0.354. The Kier molecular flexibility index (Phi) is 3.93. The number of ether oxygens (including phenoxy) is 1. The number of esters is 1. The summed E-state index contributed by atoms with van der Waals surface area (Å²) < 4.78 is 5.25. The second kappa shape index (κ2) is 5.01. The van der Waals surface area contributed by atoms with Gasteiger partial charge in [0.1, 0.15) is 5.60 Å². The Balaban J connectivity index is 3.04. The number of benzene rings is 1. The smallest absolute Gasteiger partial charge is 0.340 e. The second-order valence-corrected chi connectivity index (χ2v) is 4.40. The molecule has 1 aromatic carbocycles. The zero-order valence-corrected chi connectivity index (χ0v) is 10.3. The number of hydrogen-bond donors (Lipinski definition) is 0. The van der Waals surface area contributed by atoms with Crippen molar-refractivity contribution in [1.82, 2.24) is 0 Å². The maximum atomic E-state index is 11.8. The van der Waals surface area contributed by atoms with Crippen molar-refractivity contribution in [3.05, 3.63) is 29.8 Å². The van der Waals surface area contributed by atoms with E-state index in [0.29, 0.717) is 11.3 Å². The van der Waals surface area contributed by atoms with Crippen LogP contribution in [0.5, 0.6) is 0 Å². The average Bonchev–Trinajstić information content (AvgIpc) is 2.16. The lowest BCUT2D eigenvalue weighted by Crippen LogP contribution is -2.23. The van der Waals surface area contributed by atoms with Crippen molar-refractivity contribution < 1.29 is 9.53 Å². The first-order valence-corrected chi connectivity index (χ1v) is 5.25. The van der Waals surface area contributed by atoms with Crippen molar-refractivity contribution in [2.45, 2.75) is 26.4 Å². The third-order valence-corrected chi connectivity index (χ3v) is 1.78. The highest BCUT2D eigenvalue weighted by atomic mass is 32.1. The highest BCUT2D eigenvalue weighted by Crippen LogP contribution is 2.21. The SMILES string of the molecule is CC(C)(C)OC(=O)c1ccccc1N=C=S. The van der Waals surface area contributed by atoms with Crippen LogP contribution in [0, 0.1) is 0 Å². The predicted molar refractivity (Wildman–Crippen MR) is 66.3 cm³/mol. The van der Waals surface area contributed by atoms with E-state index in [9.17, 15) is 4.79 Å². The fourth-order valence-corrected chi connectivity index (χ4v) is 1.22. The van der Waals surface area contributed by atoms with Gasteiger partial charge in [-0.1, -0.05) is 12.1 Å². The summed E-state index contributed by atoms with van der Waals surface area (Å²) >= 11 is 4.52. The number of isothiocyanates is 1. The molecule has 3 nitrogen and oxygen atoms in total. The molecule has 1 aromatic rings. The molecule has 0 atom stereocenters. The van der Waals surface area contributed by atoms with E-state index in [0.717, 1.165) is 0 Å². The van der Waals surface area contributed by atoms with Crippen LogP contribution >= 0.6 is 12.2 Å². The van der Waals surface area contributed by atoms with Crippen LogP contribution in [0.2, 0.25) is 0 Å². The largest absolute Gasteiger partial charge is 0.456 e. The Morgan fingerprint density at radius 1 is 1.38 bits per heavy atom. The normalized spacial score (nSPS) is 10.4. The zero-order chi connectivity index (χ0) is 12.2. The van der Waals surface area contributed by atoms with E-state index in [-0.39, 0.29) is 0 Å². The Hall–Kier alpha value is -1.51. The molecule has 84 valence electrons. The molecule has 0 amide bonds. The molecule has 16 heavy (non-hydrogen) atoms. The van der Waals surface area contributed by atoms with Gasteiger partial charge in [0.2, 0.25) is 0 Å². The van der Waals surface area contributed by atoms with Crippen molar-refractivity contribution in [2.75, 3.05) is 0 Å². The molecule has 0 N–H and O–H groups in total. The molecule has 0 unspecified atom stereocenters. The average molecular weight is 235 g/mol. The van der Waals surface area contributed by atoms with Gasteiger partial charge in [0.25, 0.3) is 0 Å². The van der Waals surface area contributed by atoms with E-state index in [2.05, 4.69) is 22.4 Å². The molecule has 0 aromatic heterocycles. The molecule has 0 fully saturated rings. The number of rotatable bonds is 2. The second-order valence-electron chi connectivity index (χ2n) is 4.22. The third-order valence-electron chi connectivity index (χ3n) is 1.69. The minimum atomic E-state index is -0.522. The minimum Gasteiger partial charge on any atom is -0.456 e. The van der Waals surface area contributed by atoms with Crippen molar-refractivity contribution in [3.8, 4) is 0 Å². The van der Waals surface area contributed by atoms with Crippen molar-refractivity contribution >= 4 is 29.0 Å². The lowest BCUT2D eigenvalue weighted by atomic mass is 10.1. The van der Waals surface area contributed by atoms with Gasteiger partial charge in [0.05, 0.1) is 16.4 Å². The van der Waals surface area contributed by atoms with Crippen LogP contribution in [-0.4, -0.2) is 16.7 Å². The van der Waals surface area contributed by atoms with Crippen LogP contribution in [-0.2, 0) is 4.74 Å². The molecule has 0 aliphatic carbocycles. The van der Waals surface area contributed by atoms with Gasteiger partial charge in [0.15, 0.2) is 0 Å². The van der Waals surface area contributed by atoms with Crippen LogP contribution in [0.4, 0.5) is 5.69 Å². The molecule has 0 heterocycles. The van der Waals surface area contributed by atoms with Crippen molar-refractivity contribution in [2.24, 2.45) is 4.99 Å². The number of hydrogen-bond acceptors (Lipinski definition) is 4. The van der Waals surface area contributed by atoms with Gasteiger partial charge in [-0.05, 0) is 45.1 Å². The number of carbonyl (C=O) groups excluding carboxylic acids is 1. The first kappa shape index (κ1) is 12.6. The molecule has 4 heteroatoms. The van der Waals surface area contributed by atoms with Crippen LogP contribution in [0.15, 0.2) is 29.3 Å². The highest BCUT2D eigenvalue weighted by molar-refractivity contribution is 7.78. The maximum absolute atomic E-state index is 11.8. The Morgan fingerprint density at radius 2 is 2.00 bits per heavy atom. The van der Waals surface area contributed by atoms with E-state index < -0.39 is 11.6 Å². The maximum Gasteiger partial charge on any atom is 0.340 e. The summed E-state index contributed by atoms with van der Waals surface area (Å²) in [6, 6.07) is 6.87. The molecule has 0 aliphatic rings. The summed E-state index contributed by atoms with van der Waals surface area (Å²) in [7, 11) is 0. The topological polar surface area (TPSA) is 38.7 Å². The highest BCUT2D eigenvalue weighted by Gasteiger charge is 2.19. The number of para-hydroxylation sites is 1. The number of carbonyl (C=O) groups is 1. The predicted octanol–water partition coefficient (Wildman–Crippen LogP) is 3.38. The van der Waals surface area contributed by atoms with E-state index >= 15 is 0 Å². The Bertz CT molecular complexity index is 443. The first-order valence-electron chi connectivity index (χ1n) is 4.84. The number of aliphatic imine (C=N–C) groups is 1. The summed E-state index contributed by atoms with van der Waals surface area (Å²) in [5, 5.41) is 2.24. The lowest BCUT2D eigenvalue weighted by molar-refractivity contribution is 0.00706.